The zero-order chi connectivity index (χ0) is 26.4. The smallest absolute Gasteiger partial charge is 0.258 e. The fourth-order valence-electron chi connectivity index (χ4n) is 8.54. The summed E-state index contributed by atoms with van der Waals surface area (Å²) >= 11 is 0. The lowest BCUT2D eigenvalue weighted by molar-refractivity contribution is -0.127. The quantitative estimate of drug-likeness (QED) is 0.292. The molecule has 2 amide bonds. The summed E-state index contributed by atoms with van der Waals surface area (Å²) in [4.78, 5) is 38.5. The van der Waals surface area contributed by atoms with Gasteiger partial charge in [-0.2, -0.15) is 0 Å². The molecule has 1 spiro atoms. The highest BCUT2D eigenvalue weighted by molar-refractivity contribution is 6.04. The van der Waals surface area contributed by atoms with Crippen molar-refractivity contribution in [3.63, 3.8) is 0 Å². The van der Waals surface area contributed by atoms with Gasteiger partial charge in [-0.25, -0.2) is 14.4 Å². The first-order valence-corrected chi connectivity index (χ1v) is 13.7. The molecule has 7 nitrogen and oxygen atoms in total. The van der Waals surface area contributed by atoms with Gasteiger partial charge in [0.1, 0.15) is 17.5 Å². The second-order valence-corrected chi connectivity index (χ2v) is 12.2. The maximum atomic E-state index is 13.9. The van der Waals surface area contributed by atoms with Crippen molar-refractivity contribution in [2.75, 3.05) is 10.6 Å². The zero-order valence-electron chi connectivity index (χ0n) is 21.3. The lowest BCUT2D eigenvalue weighted by Crippen LogP contribution is -2.43. The fraction of sp³-hybridized carbons (Fsp3) is 0.355. The van der Waals surface area contributed by atoms with Crippen molar-refractivity contribution in [2.45, 2.75) is 38.5 Å². The Labute approximate surface area is 224 Å². The summed E-state index contributed by atoms with van der Waals surface area (Å²) in [5.41, 5.74) is 3.10. The molecule has 4 aliphatic rings. The van der Waals surface area contributed by atoms with Gasteiger partial charge in [-0.05, 0) is 98.1 Å². The molecule has 8 rings (SSSR count). The van der Waals surface area contributed by atoms with Gasteiger partial charge in [0.2, 0.25) is 5.91 Å². The summed E-state index contributed by atoms with van der Waals surface area (Å²) in [6.07, 6.45) is 8.82. The van der Waals surface area contributed by atoms with E-state index < -0.39 is 11.7 Å². The number of benzene rings is 2. The van der Waals surface area contributed by atoms with Crippen LogP contribution >= 0.6 is 0 Å². The molecular weight excluding hydrogens is 493 g/mol. The molecular formula is C31H28FN5O2. The lowest BCUT2D eigenvalue weighted by atomic mass is 9.55. The van der Waals surface area contributed by atoms with Gasteiger partial charge >= 0.3 is 0 Å². The highest BCUT2D eigenvalue weighted by atomic mass is 19.1. The average molecular weight is 522 g/mol. The van der Waals surface area contributed by atoms with Crippen molar-refractivity contribution in [1.82, 2.24) is 15.0 Å². The van der Waals surface area contributed by atoms with Crippen LogP contribution < -0.4 is 10.6 Å². The number of carbonyl (C=O) groups excluding carboxylic acids is 2. The van der Waals surface area contributed by atoms with Crippen LogP contribution in [0.1, 0.15) is 48.9 Å². The second-order valence-electron chi connectivity index (χ2n) is 12.2. The number of pyridine rings is 1. The van der Waals surface area contributed by atoms with Crippen molar-refractivity contribution < 1.29 is 14.0 Å². The molecule has 2 aromatic carbocycles. The Morgan fingerprint density at radius 1 is 0.974 bits per heavy atom. The fourth-order valence-corrected chi connectivity index (χ4v) is 8.54. The summed E-state index contributed by atoms with van der Waals surface area (Å²) in [6, 6.07) is 14.9. The monoisotopic (exact) mass is 521 g/mol. The number of halogens is 1. The van der Waals surface area contributed by atoms with Crippen LogP contribution in [0, 0.1) is 34.4 Å². The Balaban J connectivity index is 0.985. The molecule has 5 atom stereocenters. The van der Waals surface area contributed by atoms with Gasteiger partial charge in [-0.15, -0.1) is 0 Å². The van der Waals surface area contributed by atoms with Crippen LogP contribution in [-0.2, 0) is 4.79 Å². The van der Waals surface area contributed by atoms with E-state index in [1.807, 2.05) is 18.2 Å². The number of fused-ring (bicyclic) bond motifs is 3. The molecule has 8 heteroatoms. The number of hydrogen-bond acceptors (Lipinski definition) is 4. The number of aromatic amines is 1. The number of anilines is 2. The minimum atomic E-state index is -0.563. The first-order valence-electron chi connectivity index (χ1n) is 13.7. The number of carbonyl (C=O) groups is 2. The van der Waals surface area contributed by atoms with Crippen LogP contribution in [0.15, 0.2) is 60.8 Å². The van der Waals surface area contributed by atoms with Gasteiger partial charge in [-0.1, -0.05) is 12.1 Å². The van der Waals surface area contributed by atoms with Gasteiger partial charge in [-0.3, -0.25) is 9.59 Å². The molecule has 196 valence electrons. The van der Waals surface area contributed by atoms with Gasteiger partial charge in [0.15, 0.2) is 0 Å². The van der Waals surface area contributed by atoms with Gasteiger partial charge in [0.05, 0.1) is 28.2 Å². The third-order valence-electron chi connectivity index (χ3n) is 10.1. The Kier molecular flexibility index (Phi) is 4.68. The molecule has 2 heterocycles. The molecule has 4 aromatic rings. The third kappa shape index (κ3) is 3.40. The van der Waals surface area contributed by atoms with E-state index in [0.29, 0.717) is 28.7 Å². The Bertz CT molecular complexity index is 1660. The predicted molar refractivity (Wildman–Crippen MR) is 145 cm³/mol. The summed E-state index contributed by atoms with van der Waals surface area (Å²) in [7, 11) is 0. The number of amides is 2. The molecule has 4 fully saturated rings. The maximum absolute atomic E-state index is 13.9. The highest BCUT2D eigenvalue weighted by Gasteiger charge is 2.72. The SMILES string of the molecule is O=C(Nc1ccc(-c2nc3cc(NC(=O)C45CC6CC7CC(C4)C7(C6)C5)ncc3[nH]2)cc1)c1ccccc1F. The largest absolute Gasteiger partial charge is 0.337 e. The first-order chi connectivity index (χ1) is 18.9. The van der Waals surface area contributed by atoms with Crippen molar-refractivity contribution in [3.05, 3.63) is 72.2 Å². The van der Waals surface area contributed by atoms with Crippen molar-refractivity contribution in [1.29, 1.82) is 0 Å². The van der Waals surface area contributed by atoms with Gasteiger partial charge in [0, 0.05) is 17.3 Å². The number of rotatable bonds is 5. The summed E-state index contributed by atoms with van der Waals surface area (Å²) < 4.78 is 13.9. The number of imidazole rings is 1. The molecule has 39 heavy (non-hydrogen) atoms. The number of aromatic nitrogens is 3. The Hall–Kier alpha value is -4.07. The van der Waals surface area contributed by atoms with Crippen LogP contribution in [0.2, 0.25) is 0 Å². The van der Waals surface area contributed by atoms with E-state index in [-0.39, 0.29) is 16.9 Å². The van der Waals surface area contributed by atoms with Crippen LogP contribution in [0.3, 0.4) is 0 Å². The van der Waals surface area contributed by atoms with Gasteiger partial charge < -0.3 is 15.6 Å². The minimum Gasteiger partial charge on any atom is -0.337 e. The molecule has 2 aromatic heterocycles. The van der Waals surface area contributed by atoms with Gasteiger partial charge in [0.25, 0.3) is 5.91 Å². The normalized spacial score (nSPS) is 29.7. The predicted octanol–water partition coefficient (Wildman–Crippen LogP) is 6.17. The van der Waals surface area contributed by atoms with Crippen molar-refractivity contribution in [3.8, 4) is 11.4 Å². The zero-order valence-corrected chi connectivity index (χ0v) is 21.3. The van der Waals surface area contributed by atoms with Crippen molar-refractivity contribution in [2.24, 2.45) is 28.6 Å². The minimum absolute atomic E-state index is 0.00568. The summed E-state index contributed by atoms with van der Waals surface area (Å²) in [5, 5.41) is 5.87. The van der Waals surface area contributed by atoms with E-state index in [2.05, 4.69) is 20.6 Å². The third-order valence-corrected chi connectivity index (χ3v) is 10.1. The molecule has 0 aliphatic heterocycles. The van der Waals surface area contributed by atoms with E-state index >= 15 is 0 Å². The average Bonchev–Trinajstić information content (AvgIpc) is 3.50. The van der Waals surface area contributed by atoms with Crippen LogP contribution in [0.25, 0.3) is 22.4 Å². The van der Waals surface area contributed by atoms with E-state index in [4.69, 9.17) is 4.98 Å². The topological polar surface area (TPSA) is 99.8 Å². The molecule has 4 saturated carbocycles. The molecule has 4 aliphatic carbocycles. The Morgan fingerprint density at radius 2 is 1.82 bits per heavy atom. The maximum Gasteiger partial charge on any atom is 0.258 e. The molecule has 3 N–H and O–H groups in total. The number of nitrogens with zero attached hydrogens (tertiary/aromatic N) is 2. The van der Waals surface area contributed by atoms with Crippen molar-refractivity contribution >= 4 is 34.4 Å². The molecule has 0 radical (unpaired) electrons. The van der Waals surface area contributed by atoms with E-state index in [1.54, 1.807) is 30.5 Å². The molecule has 3 bridgehead atoms. The lowest BCUT2D eigenvalue weighted by Gasteiger charge is -2.49. The highest BCUT2D eigenvalue weighted by Crippen LogP contribution is 2.78. The van der Waals surface area contributed by atoms with Crippen LogP contribution in [-0.4, -0.2) is 26.8 Å². The first kappa shape index (κ1) is 22.9. The summed E-state index contributed by atoms with van der Waals surface area (Å²) in [6.45, 7) is 0. The van der Waals surface area contributed by atoms with E-state index in [0.717, 1.165) is 47.7 Å². The Morgan fingerprint density at radius 3 is 2.67 bits per heavy atom. The number of hydrogen-bond donors (Lipinski definition) is 3. The standard InChI is InChI=1S/C31H28FN5O2/c32-23-4-2-1-3-22(23)28(38)34-21-7-5-18(6-8-21)27-35-24-11-26(33-15-25(24)36-27)37-29(39)30-12-17-9-19-10-20(14-30)31(19,13-17)16-30/h1-8,11,15,17,19-20H,9-10,12-14,16H2,(H,34,38)(H,35,36)(H,33,37,39). The summed E-state index contributed by atoms with van der Waals surface area (Å²) in [5.74, 6) is 2.58. The van der Waals surface area contributed by atoms with E-state index in [9.17, 15) is 14.0 Å². The molecule has 5 unspecified atom stereocenters. The second kappa shape index (κ2) is 7.97. The number of nitrogens with one attached hydrogen (secondary N) is 3. The number of H-pyrrole nitrogens is 1. The van der Waals surface area contributed by atoms with E-state index in [1.165, 1.54) is 31.4 Å². The molecule has 0 saturated heterocycles. The van der Waals surface area contributed by atoms with Crippen LogP contribution in [0.4, 0.5) is 15.9 Å². The van der Waals surface area contributed by atoms with Crippen LogP contribution in [0.5, 0.6) is 0 Å².